The molecule has 0 aliphatic heterocycles. The molecule has 0 unspecified atom stereocenters. The van der Waals surface area contributed by atoms with E-state index in [1.807, 2.05) is 38.1 Å². The SMILES string of the molecule is CC[C@H](NC(=O)c1ccc(NS(C)(=O)=O)c(Cl)c1)c1ccc(C)cc1. The highest BCUT2D eigenvalue weighted by molar-refractivity contribution is 7.92. The Balaban J connectivity index is 2.16. The molecule has 0 saturated heterocycles. The second-order valence-electron chi connectivity index (χ2n) is 5.91. The van der Waals surface area contributed by atoms with Crippen LogP contribution in [-0.4, -0.2) is 20.6 Å². The standard InChI is InChI=1S/C18H21ClN2O3S/c1-4-16(13-7-5-12(2)6-8-13)20-18(22)14-9-10-17(15(19)11-14)21-25(3,23)24/h5-11,16,21H,4H2,1-3H3,(H,20,22)/t16-/m0/s1. The van der Waals surface area contributed by atoms with Crippen LogP contribution in [0, 0.1) is 6.92 Å². The summed E-state index contributed by atoms with van der Waals surface area (Å²) in [6, 6.07) is 12.4. The molecule has 0 fully saturated rings. The summed E-state index contributed by atoms with van der Waals surface area (Å²) >= 11 is 6.08. The summed E-state index contributed by atoms with van der Waals surface area (Å²) in [5.41, 5.74) is 2.80. The van der Waals surface area contributed by atoms with Gasteiger partial charge >= 0.3 is 0 Å². The number of benzene rings is 2. The predicted octanol–water partition coefficient (Wildman–Crippen LogP) is 3.90. The molecule has 2 N–H and O–H groups in total. The highest BCUT2D eigenvalue weighted by atomic mass is 35.5. The summed E-state index contributed by atoms with van der Waals surface area (Å²) in [5, 5.41) is 3.15. The minimum Gasteiger partial charge on any atom is -0.345 e. The minimum atomic E-state index is -3.43. The number of aryl methyl sites for hydroxylation is 1. The molecule has 0 heterocycles. The van der Waals surface area contributed by atoms with Gasteiger partial charge < -0.3 is 5.32 Å². The molecular formula is C18H21ClN2O3S. The van der Waals surface area contributed by atoms with Crippen molar-refractivity contribution < 1.29 is 13.2 Å². The number of amides is 1. The third-order valence-electron chi connectivity index (χ3n) is 3.72. The maximum atomic E-state index is 12.5. The topological polar surface area (TPSA) is 75.3 Å². The molecule has 1 amide bonds. The normalized spacial score (nSPS) is 12.5. The molecule has 5 nitrogen and oxygen atoms in total. The van der Waals surface area contributed by atoms with E-state index in [-0.39, 0.29) is 22.7 Å². The number of sulfonamides is 1. The van der Waals surface area contributed by atoms with Gasteiger partial charge in [0.15, 0.2) is 0 Å². The molecule has 0 aliphatic carbocycles. The van der Waals surface area contributed by atoms with Crippen molar-refractivity contribution in [2.75, 3.05) is 11.0 Å². The molecule has 7 heteroatoms. The van der Waals surface area contributed by atoms with Gasteiger partial charge in [-0.25, -0.2) is 8.42 Å². The lowest BCUT2D eigenvalue weighted by molar-refractivity contribution is 0.0935. The Morgan fingerprint density at radius 3 is 2.32 bits per heavy atom. The van der Waals surface area contributed by atoms with Crippen LogP contribution in [0.15, 0.2) is 42.5 Å². The Morgan fingerprint density at radius 2 is 1.80 bits per heavy atom. The van der Waals surface area contributed by atoms with Crippen molar-refractivity contribution in [3.63, 3.8) is 0 Å². The third-order valence-corrected chi connectivity index (χ3v) is 4.62. The van der Waals surface area contributed by atoms with Gasteiger partial charge in [0.05, 0.1) is 23.0 Å². The smallest absolute Gasteiger partial charge is 0.251 e. The fourth-order valence-corrected chi connectivity index (χ4v) is 3.26. The van der Waals surface area contributed by atoms with Gasteiger partial charge in [0.1, 0.15) is 0 Å². The summed E-state index contributed by atoms with van der Waals surface area (Å²) in [5.74, 6) is -0.264. The number of halogens is 1. The Bertz CT molecular complexity index is 864. The first-order chi connectivity index (χ1) is 11.7. The van der Waals surface area contributed by atoms with Crippen LogP contribution < -0.4 is 10.0 Å². The van der Waals surface area contributed by atoms with Crippen LogP contribution in [-0.2, 0) is 10.0 Å². The second-order valence-corrected chi connectivity index (χ2v) is 8.07. The van der Waals surface area contributed by atoms with Gasteiger partial charge in [-0.2, -0.15) is 0 Å². The zero-order valence-electron chi connectivity index (χ0n) is 14.3. The van der Waals surface area contributed by atoms with E-state index >= 15 is 0 Å². The third kappa shape index (κ3) is 5.47. The van der Waals surface area contributed by atoms with Crippen molar-refractivity contribution in [2.24, 2.45) is 0 Å². The first-order valence-electron chi connectivity index (χ1n) is 7.84. The van der Waals surface area contributed by atoms with Crippen LogP contribution in [0.3, 0.4) is 0 Å². The van der Waals surface area contributed by atoms with Crippen LogP contribution in [0.1, 0.15) is 40.9 Å². The quantitative estimate of drug-likeness (QED) is 0.797. The molecule has 25 heavy (non-hydrogen) atoms. The van der Waals surface area contributed by atoms with Crippen LogP contribution >= 0.6 is 11.6 Å². The largest absolute Gasteiger partial charge is 0.345 e. The first-order valence-corrected chi connectivity index (χ1v) is 10.1. The van der Waals surface area contributed by atoms with Gasteiger partial charge in [-0.05, 0) is 37.1 Å². The molecule has 2 aromatic carbocycles. The number of hydrogen-bond acceptors (Lipinski definition) is 3. The Labute approximate surface area is 153 Å². The number of nitrogens with one attached hydrogen (secondary N) is 2. The summed E-state index contributed by atoms with van der Waals surface area (Å²) < 4.78 is 24.9. The summed E-state index contributed by atoms with van der Waals surface area (Å²) in [6.45, 7) is 4.01. The van der Waals surface area contributed by atoms with Gasteiger partial charge in [0.2, 0.25) is 10.0 Å². The minimum absolute atomic E-state index is 0.110. The number of carbonyl (C=O) groups is 1. The number of anilines is 1. The molecule has 0 spiro atoms. The van der Waals surface area contributed by atoms with Crippen LogP contribution in [0.2, 0.25) is 5.02 Å². The highest BCUT2D eigenvalue weighted by Gasteiger charge is 2.16. The molecule has 2 aromatic rings. The predicted molar refractivity (Wildman–Crippen MR) is 102 cm³/mol. The number of carbonyl (C=O) groups excluding carboxylic acids is 1. The molecule has 0 radical (unpaired) electrons. The van der Waals surface area contributed by atoms with Crippen molar-refractivity contribution in [3.05, 3.63) is 64.2 Å². The van der Waals surface area contributed by atoms with Crippen molar-refractivity contribution >= 4 is 33.2 Å². The second kappa shape index (κ2) is 7.89. The average molecular weight is 381 g/mol. The molecule has 0 aromatic heterocycles. The van der Waals surface area contributed by atoms with E-state index in [0.29, 0.717) is 5.56 Å². The average Bonchev–Trinajstić information content (AvgIpc) is 2.54. The van der Waals surface area contributed by atoms with Gasteiger partial charge in [0, 0.05) is 5.56 Å². The van der Waals surface area contributed by atoms with Crippen LogP contribution in [0.5, 0.6) is 0 Å². The van der Waals surface area contributed by atoms with E-state index in [0.717, 1.165) is 23.8 Å². The zero-order valence-corrected chi connectivity index (χ0v) is 15.9. The fourth-order valence-electron chi connectivity index (χ4n) is 2.40. The first kappa shape index (κ1) is 19.3. The lowest BCUT2D eigenvalue weighted by atomic mass is 10.0. The Hall–Kier alpha value is -2.05. The van der Waals surface area contributed by atoms with E-state index in [4.69, 9.17) is 11.6 Å². The fraction of sp³-hybridized carbons (Fsp3) is 0.278. The molecule has 1 atom stereocenters. The highest BCUT2D eigenvalue weighted by Crippen LogP contribution is 2.25. The molecule has 0 bridgehead atoms. The van der Waals surface area contributed by atoms with Gasteiger partial charge in [-0.3, -0.25) is 9.52 Å². The van der Waals surface area contributed by atoms with Gasteiger partial charge in [-0.1, -0.05) is 48.4 Å². The Morgan fingerprint density at radius 1 is 1.16 bits per heavy atom. The maximum absolute atomic E-state index is 12.5. The van der Waals surface area contributed by atoms with Crippen molar-refractivity contribution in [1.29, 1.82) is 0 Å². The lowest BCUT2D eigenvalue weighted by Crippen LogP contribution is -2.28. The molecule has 2 rings (SSSR count). The summed E-state index contributed by atoms with van der Waals surface area (Å²) in [6.07, 6.45) is 1.79. The number of hydrogen-bond donors (Lipinski definition) is 2. The lowest BCUT2D eigenvalue weighted by Gasteiger charge is -2.18. The van der Waals surface area contributed by atoms with E-state index < -0.39 is 10.0 Å². The van der Waals surface area contributed by atoms with E-state index in [1.54, 1.807) is 0 Å². The molecule has 0 saturated carbocycles. The summed E-state index contributed by atoms with van der Waals surface area (Å²) in [4.78, 5) is 12.5. The van der Waals surface area contributed by atoms with E-state index in [9.17, 15) is 13.2 Å². The van der Waals surface area contributed by atoms with Gasteiger partial charge in [-0.15, -0.1) is 0 Å². The van der Waals surface area contributed by atoms with Crippen molar-refractivity contribution in [1.82, 2.24) is 5.32 Å². The van der Waals surface area contributed by atoms with Crippen LogP contribution in [0.4, 0.5) is 5.69 Å². The maximum Gasteiger partial charge on any atom is 0.251 e. The van der Waals surface area contributed by atoms with Crippen molar-refractivity contribution in [2.45, 2.75) is 26.3 Å². The van der Waals surface area contributed by atoms with Gasteiger partial charge in [0.25, 0.3) is 5.91 Å². The molecular weight excluding hydrogens is 360 g/mol. The number of rotatable bonds is 6. The van der Waals surface area contributed by atoms with E-state index in [1.165, 1.54) is 18.2 Å². The Kier molecular flexibility index (Phi) is 6.08. The van der Waals surface area contributed by atoms with E-state index in [2.05, 4.69) is 10.0 Å². The molecule has 134 valence electrons. The molecule has 0 aliphatic rings. The summed E-state index contributed by atoms with van der Waals surface area (Å²) in [7, 11) is -3.43. The van der Waals surface area contributed by atoms with Crippen molar-refractivity contribution in [3.8, 4) is 0 Å². The van der Waals surface area contributed by atoms with Crippen LogP contribution in [0.25, 0.3) is 0 Å². The monoisotopic (exact) mass is 380 g/mol. The zero-order chi connectivity index (χ0) is 18.6.